The van der Waals surface area contributed by atoms with Crippen molar-refractivity contribution >= 4 is 35.3 Å². The number of carbonyl (C=O) groups is 3. The van der Waals surface area contributed by atoms with Crippen LogP contribution in [0.3, 0.4) is 0 Å². The van der Waals surface area contributed by atoms with E-state index in [-0.39, 0.29) is 30.3 Å². The maximum atomic E-state index is 13.2. The summed E-state index contributed by atoms with van der Waals surface area (Å²) in [6, 6.07) is 0.632. The molecule has 0 bridgehead atoms. The molecule has 1 aromatic carbocycles. The van der Waals surface area contributed by atoms with Crippen molar-refractivity contribution in [3.05, 3.63) is 49.0 Å². The molecular formula is C19H25N7O8. The Morgan fingerprint density at radius 1 is 1.18 bits per heavy atom. The minimum atomic E-state index is -1.05. The number of azo groups is 1. The zero-order chi connectivity index (χ0) is 26.2. The number of carbonyl (C=O) groups excluding carboxylic acids is 3. The number of amides is 3. The molecule has 2 N–H and O–H groups in total. The van der Waals surface area contributed by atoms with Gasteiger partial charge in [-0.1, -0.05) is 13.8 Å². The maximum Gasteiger partial charge on any atom is 0.304 e. The molecular weight excluding hydrogens is 454 g/mol. The summed E-state index contributed by atoms with van der Waals surface area (Å²) in [7, 11) is 3.94. The van der Waals surface area contributed by atoms with E-state index in [1.807, 2.05) is 0 Å². The molecule has 15 heteroatoms. The number of hydrogen-bond acceptors (Lipinski definition) is 11. The second-order valence-electron chi connectivity index (χ2n) is 7.15. The summed E-state index contributed by atoms with van der Waals surface area (Å²) in [5.41, 5.74) is -3.57. The Labute approximate surface area is 194 Å². The fourth-order valence-corrected chi connectivity index (χ4v) is 2.87. The molecule has 0 spiro atoms. The van der Waals surface area contributed by atoms with Crippen molar-refractivity contribution < 1.29 is 29.0 Å². The van der Waals surface area contributed by atoms with Crippen LogP contribution in [-0.4, -0.2) is 60.7 Å². The lowest BCUT2D eigenvalue weighted by atomic mass is 10.0. The minimum Gasteiger partial charge on any atom is -0.481 e. The number of ether oxygens (including phenoxy) is 1. The van der Waals surface area contributed by atoms with Gasteiger partial charge in [-0.15, -0.1) is 10.2 Å². The standard InChI is InChI=1S/C19H25N7O8/c1-10(2)8-24(9-27)19(29)14-11(3)12(25(30)31)7-13(26(32)33)15(14)22-23-16(17(28)20-4)18(21-5)34-6/h7,9-10,21H,8H2,1-6H3,(H,20,28)/b18-16-,23-22?. The Morgan fingerprint density at radius 3 is 2.18 bits per heavy atom. The molecule has 0 radical (unpaired) electrons. The number of methoxy groups -OCH3 is 1. The summed E-state index contributed by atoms with van der Waals surface area (Å²) in [5.74, 6) is -2.14. The van der Waals surface area contributed by atoms with Gasteiger partial charge in [-0.2, -0.15) is 0 Å². The average molecular weight is 479 g/mol. The third-order valence-corrected chi connectivity index (χ3v) is 4.41. The van der Waals surface area contributed by atoms with Crippen LogP contribution in [0.1, 0.15) is 29.8 Å². The molecule has 0 aliphatic heterocycles. The predicted octanol–water partition coefficient (Wildman–Crippen LogP) is 1.93. The number of imide groups is 1. The van der Waals surface area contributed by atoms with Crippen molar-refractivity contribution in [2.75, 3.05) is 27.7 Å². The van der Waals surface area contributed by atoms with Crippen molar-refractivity contribution in [3.8, 4) is 0 Å². The van der Waals surface area contributed by atoms with E-state index in [1.165, 1.54) is 28.1 Å². The molecule has 0 heterocycles. The van der Waals surface area contributed by atoms with Crippen molar-refractivity contribution in [1.82, 2.24) is 15.5 Å². The second kappa shape index (κ2) is 12.0. The summed E-state index contributed by atoms with van der Waals surface area (Å²) >= 11 is 0. The van der Waals surface area contributed by atoms with Crippen molar-refractivity contribution in [3.63, 3.8) is 0 Å². The Bertz CT molecular complexity index is 1060. The normalized spacial score (nSPS) is 11.6. The first-order valence-electron chi connectivity index (χ1n) is 9.77. The molecule has 1 aromatic rings. The second-order valence-corrected chi connectivity index (χ2v) is 7.15. The summed E-state index contributed by atoms with van der Waals surface area (Å²) in [4.78, 5) is 59.1. The van der Waals surface area contributed by atoms with Crippen LogP contribution >= 0.6 is 0 Å². The van der Waals surface area contributed by atoms with E-state index >= 15 is 0 Å². The van der Waals surface area contributed by atoms with E-state index in [4.69, 9.17) is 4.74 Å². The highest BCUT2D eigenvalue weighted by molar-refractivity contribution is 6.07. The SMILES string of the molecule is CNC(=O)/C(N=Nc1c([N+](=O)[O-])cc([N+](=O)[O-])c(C)c1C(=O)N(C=O)CC(C)C)=C(\NC)OC. The molecule has 0 aliphatic rings. The Kier molecular flexibility index (Phi) is 9.73. The van der Waals surface area contributed by atoms with Crippen LogP contribution in [-0.2, 0) is 14.3 Å². The molecule has 0 unspecified atom stereocenters. The monoisotopic (exact) mass is 479 g/mol. The largest absolute Gasteiger partial charge is 0.481 e. The zero-order valence-electron chi connectivity index (χ0n) is 19.4. The van der Waals surface area contributed by atoms with Gasteiger partial charge in [0, 0.05) is 26.2 Å². The number of nitro groups is 2. The first kappa shape index (κ1) is 27.6. The molecule has 34 heavy (non-hydrogen) atoms. The average Bonchev–Trinajstić information content (AvgIpc) is 2.78. The lowest BCUT2D eigenvalue weighted by molar-refractivity contribution is -0.394. The zero-order valence-corrected chi connectivity index (χ0v) is 19.4. The van der Waals surface area contributed by atoms with E-state index < -0.39 is 50.0 Å². The van der Waals surface area contributed by atoms with Gasteiger partial charge < -0.3 is 15.4 Å². The molecule has 15 nitrogen and oxygen atoms in total. The maximum absolute atomic E-state index is 13.2. The number of nitrogens with one attached hydrogen (secondary N) is 2. The van der Waals surface area contributed by atoms with E-state index in [0.29, 0.717) is 6.07 Å². The van der Waals surface area contributed by atoms with Gasteiger partial charge in [0.1, 0.15) is 0 Å². The van der Waals surface area contributed by atoms with Gasteiger partial charge in [-0.25, -0.2) is 0 Å². The van der Waals surface area contributed by atoms with E-state index in [2.05, 4.69) is 20.9 Å². The molecule has 0 fully saturated rings. The van der Waals surface area contributed by atoms with Crippen molar-refractivity contribution in [1.29, 1.82) is 0 Å². The minimum absolute atomic E-state index is 0.0637. The molecule has 0 saturated heterocycles. The summed E-state index contributed by atoms with van der Waals surface area (Å²) in [6.07, 6.45) is 0.216. The Hall–Kier alpha value is -4.43. The van der Waals surface area contributed by atoms with E-state index in [1.54, 1.807) is 13.8 Å². The third-order valence-electron chi connectivity index (χ3n) is 4.41. The first-order valence-corrected chi connectivity index (χ1v) is 9.77. The van der Waals surface area contributed by atoms with Crippen LogP contribution in [0.15, 0.2) is 27.9 Å². The summed E-state index contributed by atoms with van der Waals surface area (Å²) < 4.78 is 5.01. The van der Waals surface area contributed by atoms with Crippen LogP contribution < -0.4 is 10.6 Å². The Morgan fingerprint density at radius 2 is 1.76 bits per heavy atom. The highest BCUT2D eigenvalue weighted by atomic mass is 16.6. The van der Waals surface area contributed by atoms with Gasteiger partial charge in [0.15, 0.2) is 5.69 Å². The first-order chi connectivity index (χ1) is 15.9. The lowest BCUT2D eigenvalue weighted by Crippen LogP contribution is -2.33. The third kappa shape index (κ3) is 6.08. The molecule has 0 saturated carbocycles. The predicted molar refractivity (Wildman–Crippen MR) is 118 cm³/mol. The van der Waals surface area contributed by atoms with Gasteiger partial charge >= 0.3 is 5.69 Å². The van der Waals surface area contributed by atoms with Crippen LogP contribution in [0.4, 0.5) is 17.1 Å². The molecule has 0 aromatic heterocycles. The van der Waals surface area contributed by atoms with Gasteiger partial charge in [0.05, 0.1) is 28.6 Å². The number of benzene rings is 1. The topological polar surface area (TPSA) is 199 Å². The van der Waals surface area contributed by atoms with Gasteiger partial charge in [0.2, 0.25) is 18.0 Å². The fraction of sp³-hybridized carbons (Fsp3) is 0.421. The molecule has 1 rings (SSSR count). The Balaban J connectivity index is 4.04. The van der Waals surface area contributed by atoms with E-state index in [0.717, 1.165) is 4.90 Å². The van der Waals surface area contributed by atoms with Gasteiger partial charge in [-0.3, -0.25) is 39.5 Å². The number of rotatable bonds is 11. The number of hydrogen-bond donors (Lipinski definition) is 2. The fourth-order valence-electron chi connectivity index (χ4n) is 2.87. The van der Waals surface area contributed by atoms with Gasteiger partial charge in [0.25, 0.3) is 17.5 Å². The molecule has 0 atom stereocenters. The lowest BCUT2D eigenvalue weighted by Gasteiger charge is -2.19. The number of nitro benzene ring substituents is 2. The van der Waals surface area contributed by atoms with Crippen molar-refractivity contribution in [2.24, 2.45) is 16.1 Å². The van der Waals surface area contributed by atoms with Gasteiger partial charge in [-0.05, 0) is 12.8 Å². The highest BCUT2D eigenvalue weighted by Crippen LogP contribution is 2.40. The van der Waals surface area contributed by atoms with Crippen LogP contribution in [0.2, 0.25) is 0 Å². The van der Waals surface area contributed by atoms with Crippen LogP contribution in [0.5, 0.6) is 0 Å². The van der Waals surface area contributed by atoms with E-state index in [9.17, 15) is 34.6 Å². The number of likely N-dealkylation sites (N-methyl/N-ethyl adjacent to an activating group) is 1. The molecule has 184 valence electrons. The molecule has 3 amide bonds. The summed E-state index contributed by atoms with van der Waals surface area (Å²) in [5, 5.41) is 35.6. The smallest absolute Gasteiger partial charge is 0.304 e. The highest BCUT2D eigenvalue weighted by Gasteiger charge is 2.34. The quantitative estimate of drug-likeness (QED) is 0.119. The molecule has 0 aliphatic carbocycles. The summed E-state index contributed by atoms with van der Waals surface area (Å²) in [6.45, 7) is 4.57. The van der Waals surface area contributed by atoms with Crippen LogP contribution in [0.25, 0.3) is 0 Å². The van der Waals surface area contributed by atoms with Crippen LogP contribution in [0, 0.1) is 33.1 Å². The number of nitrogens with zero attached hydrogens (tertiary/aromatic N) is 5. The van der Waals surface area contributed by atoms with Crippen molar-refractivity contribution in [2.45, 2.75) is 20.8 Å².